The normalized spacial score (nSPS) is 36.1. The second-order valence-corrected chi connectivity index (χ2v) is 17.1. The molecule has 0 aliphatic heterocycles. The number of aliphatic hydroxyl groups is 3. The lowest BCUT2D eigenvalue weighted by Gasteiger charge is -2.64. The van der Waals surface area contributed by atoms with Gasteiger partial charge < -0.3 is 25.7 Å². The fraction of sp³-hybridized carbons (Fsp3) is 0.651. The molecule has 4 fully saturated rings. The number of fused-ring (bicyclic) bond motifs is 5. The molecular weight excluding hydrogens is 640 g/mol. The van der Waals surface area contributed by atoms with Gasteiger partial charge in [-0.15, -0.1) is 0 Å². The number of aliphatic hydroxyl groups excluding tert-OH is 2. The van der Waals surface area contributed by atoms with Crippen LogP contribution in [0.2, 0.25) is 0 Å². The highest BCUT2D eigenvalue weighted by molar-refractivity contribution is 6.00. The van der Waals surface area contributed by atoms with Crippen molar-refractivity contribution in [3.05, 3.63) is 58.4 Å². The van der Waals surface area contributed by atoms with Crippen molar-refractivity contribution in [2.24, 2.45) is 46.3 Å². The molecule has 8 nitrogen and oxygen atoms in total. The number of nitrogens with zero attached hydrogens (tertiary/aromatic N) is 1. The Bertz CT molecular complexity index is 1700. The molecule has 6 rings (SSSR count). The van der Waals surface area contributed by atoms with Crippen molar-refractivity contribution >= 4 is 17.4 Å². The average molecular weight is 699 g/mol. The number of carbonyl (C=O) groups is 2. The number of Topliss-reactive ketones (excluding diaryl/α,β-unsaturated/α-hetero) is 1. The number of aliphatic carboxylic acids is 1. The van der Waals surface area contributed by atoms with Crippen molar-refractivity contribution in [1.29, 1.82) is 0 Å². The SMILES string of the molecule is CCc1cc(NCc2ccc(C#CC3(O)CC[C@@]4(C)C(CC(O)C5C4CC(O)[C@@]4(C)C5CC[C@@H]4[C@H](C)CCC(=O)O)C3)cc2)c(C(C)=O)c(C)n1. The molecule has 0 amide bonds. The van der Waals surface area contributed by atoms with Crippen LogP contribution in [0.25, 0.3) is 0 Å². The topological polar surface area (TPSA) is 140 Å². The van der Waals surface area contributed by atoms with E-state index in [0.29, 0.717) is 44.2 Å². The van der Waals surface area contributed by atoms with Gasteiger partial charge in [0.25, 0.3) is 0 Å². The summed E-state index contributed by atoms with van der Waals surface area (Å²) in [5, 5.41) is 48.2. The zero-order valence-corrected chi connectivity index (χ0v) is 31.3. The summed E-state index contributed by atoms with van der Waals surface area (Å²) in [5.41, 5.74) is 3.40. The Morgan fingerprint density at radius 2 is 1.80 bits per heavy atom. The molecule has 7 unspecified atom stereocenters. The standard InChI is InChI=1S/C43H58N2O6/c1-7-31-21-35(39(27(4)46)26(3)45-31)44-24-29-11-9-28(10-12-29)16-17-43(51)19-18-41(5)30(23-43)20-36(47)40-33-14-13-32(25(2)8-15-38(49)50)42(33,6)37(48)22-34(40)41/h9-12,21,25,30,32-34,36-37,40,47-48,51H,7-8,13-15,18-20,22-24H2,1-6H3,(H,44,45)(H,49,50)/t25-,30?,32-,33?,34?,36?,37?,40?,41+,42-,43?/m1/s1. The zero-order valence-electron chi connectivity index (χ0n) is 31.3. The number of benzene rings is 1. The first kappa shape index (κ1) is 37.5. The molecule has 4 saturated carbocycles. The van der Waals surface area contributed by atoms with Gasteiger partial charge in [0, 0.05) is 29.9 Å². The van der Waals surface area contributed by atoms with Gasteiger partial charge in [-0.1, -0.05) is 51.7 Å². The van der Waals surface area contributed by atoms with E-state index in [2.05, 4.69) is 42.9 Å². The molecule has 1 aromatic heterocycles. The van der Waals surface area contributed by atoms with Gasteiger partial charge >= 0.3 is 5.97 Å². The van der Waals surface area contributed by atoms with Crippen LogP contribution in [0.4, 0.5) is 5.69 Å². The monoisotopic (exact) mass is 698 g/mol. The molecule has 5 N–H and O–H groups in total. The first-order valence-electron chi connectivity index (χ1n) is 19.3. The number of carbonyl (C=O) groups excluding carboxylic acids is 1. The minimum atomic E-state index is -1.14. The number of nitrogens with one attached hydrogen (secondary N) is 1. The second kappa shape index (κ2) is 14.3. The van der Waals surface area contributed by atoms with Gasteiger partial charge in [-0.25, -0.2) is 0 Å². The van der Waals surface area contributed by atoms with Crippen molar-refractivity contribution in [2.75, 3.05) is 5.32 Å². The molecule has 276 valence electrons. The van der Waals surface area contributed by atoms with E-state index in [-0.39, 0.29) is 58.5 Å². The molecule has 51 heavy (non-hydrogen) atoms. The fourth-order valence-electron chi connectivity index (χ4n) is 11.4. The molecule has 1 heterocycles. The number of hydrogen-bond acceptors (Lipinski definition) is 7. The summed E-state index contributed by atoms with van der Waals surface area (Å²) in [4.78, 5) is 28.2. The third-order valence-electron chi connectivity index (χ3n) is 14.3. The Morgan fingerprint density at radius 1 is 1.08 bits per heavy atom. The predicted octanol–water partition coefficient (Wildman–Crippen LogP) is 6.95. The first-order valence-corrected chi connectivity index (χ1v) is 19.3. The summed E-state index contributed by atoms with van der Waals surface area (Å²) in [7, 11) is 0. The largest absolute Gasteiger partial charge is 0.481 e. The number of anilines is 1. The van der Waals surface area contributed by atoms with Gasteiger partial charge in [-0.05, 0) is 142 Å². The number of carboxylic acids is 1. The Hall–Kier alpha value is -3.25. The molecule has 1 aromatic carbocycles. The quantitative estimate of drug-likeness (QED) is 0.140. The third kappa shape index (κ3) is 6.99. The highest BCUT2D eigenvalue weighted by atomic mass is 16.4. The van der Waals surface area contributed by atoms with Crippen LogP contribution in [-0.2, 0) is 17.8 Å². The molecule has 0 saturated heterocycles. The van der Waals surface area contributed by atoms with Crippen molar-refractivity contribution in [1.82, 2.24) is 4.98 Å². The van der Waals surface area contributed by atoms with E-state index in [1.807, 2.05) is 44.2 Å². The van der Waals surface area contributed by atoms with Gasteiger partial charge in [-0.2, -0.15) is 0 Å². The number of aryl methyl sites for hydroxylation is 2. The van der Waals surface area contributed by atoms with Gasteiger partial charge in [-0.3, -0.25) is 14.6 Å². The molecule has 8 heteroatoms. The van der Waals surface area contributed by atoms with Crippen molar-refractivity contribution in [2.45, 2.75) is 130 Å². The lowest BCUT2D eigenvalue weighted by molar-refractivity contribution is -0.211. The van der Waals surface area contributed by atoms with Gasteiger partial charge in [0.2, 0.25) is 0 Å². The molecule has 0 spiro atoms. The summed E-state index contributed by atoms with van der Waals surface area (Å²) in [6, 6.07) is 9.92. The van der Waals surface area contributed by atoms with Gasteiger partial charge in [0.1, 0.15) is 5.60 Å². The Kier molecular flexibility index (Phi) is 10.5. The zero-order chi connectivity index (χ0) is 36.9. The first-order chi connectivity index (χ1) is 24.1. The highest BCUT2D eigenvalue weighted by Crippen LogP contribution is 2.69. The van der Waals surface area contributed by atoms with Crippen LogP contribution in [-0.4, -0.2) is 55.0 Å². The summed E-state index contributed by atoms with van der Waals surface area (Å²) in [5.74, 6) is 6.71. The fourth-order valence-corrected chi connectivity index (χ4v) is 11.4. The molecule has 0 radical (unpaired) electrons. The van der Waals surface area contributed by atoms with Crippen LogP contribution < -0.4 is 5.32 Å². The smallest absolute Gasteiger partial charge is 0.303 e. The maximum Gasteiger partial charge on any atom is 0.303 e. The maximum atomic E-state index is 12.3. The Morgan fingerprint density at radius 3 is 2.47 bits per heavy atom. The number of carboxylic acid groups (broad SMARTS) is 1. The highest BCUT2D eigenvalue weighted by Gasteiger charge is 2.66. The Labute approximate surface area is 303 Å². The molecule has 4 aliphatic carbocycles. The number of aromatic nitrogens is 1. The van der Waals surface area contributed by atoms with Crippen LogP contribution in [0, 0.1) is 65.1 Å². The third-order valence-corrected chi connectivity index (χ3v) is 14.3. The van der Waals surface area contributed by atoms with Crippen LogP contribution >= 0.6 is 0 Å². The lowest BCUT2D eigenvalue weighted by atomic mass is 9.42. The lowest BCUT2D eigenvalue weighted by Crippen LogP contribution is -2.63. The molecule has 0 bridgehead atoms. The average Bonchev–Trinajstić information content (AvgIpc) is 3.45. The van der Waals surface area contributed by atoms with E-state index >= 15 is 0 Å². The van der Waals surface area contributed by atoms with Gasteiger partial charge in [0.15, 0.2) is 5.78 Å². The van der Waals surface area contributed by atoms with E-state index in [9.17, 15) is 30.0 Å². The van der Waals surface area contributed by atoms with Crippen LogP contribution in [0.5, 0.6) is 0 Å². The predicted molar refractivity (Wildman–Crippen MR) is 198 cm³/mol. The Balaban J connectivity index is 1.12. The van der Waals surface area contributed by atoms with E-state index in [1.165, 1.54) is 0 Å². The second-order valence-electron chi connectivity index (χ2n) is 17.1. The number of hydrogen-bond donors (Lipinski definition) is 5. The van der Waals surface area contributed by atoms with Crippen LogP contribution in [0.15, 0.2) is 30.3 Å². The molecule has 4 aliphatic rings. The van der Waals surface area contributed by atoms with Crippen LogP contribution in [0.3, 0.4) is 0 Å². The minimum Gasteiger partial charge on any atom is -0.481 e. The van der Waals surface area contributed by atoms with E-state index in [1.54, 1.807) is 6.92 Å². The molecule has 11 atom stereocenters. The van der Waals surface area contributed by atoms with E-state index in [4.69, 9.17) is 0 Å². The van der Waals surface area contributed by atoms with Crippen LogP contribution in [0.1, 0.15) is 125 Å². The van der Waals surface area contributed by atoms with Crippen molar-refractivity contribution in [3.63, 3.8) is 0 Å². The summed E-state index contributed by atoms with van der Waals surface area (Å²) >= 11 is 0. The number of ketones is 1. The van der Waals surface area contributed by atoms with Crippen molar-refractivity contribution < 1.29 is 30.0 Å². The molecule has 2 aromatic rings. The maximum absolute atomic E-state index is 12.3. The summed E-state index contributed by atoms with van der Waals surface area (Å²) in [6.45, 7) is 12.7. The van der Waals surface area contributed by atoms with Crippen molar-refractivity contribution in [3.8, 4) is 11.8 Å². The van der Waals surface area contributed by atoms with E-state index < -0.39 is 23.8 Å². The number of pyridine rings is 1. The van der Waals surface area contributed by atoms with Gasteiger partial charge in [0.05, 0.1) is 23.5 Å². The summed E-state index contributed by atoms with van der Waals surface area (Å²) in [6.07, 6.45) is 5.63. The summed E-state index contributed by atoms with van der Waals surface area (Å²) < 4.78 is 0. The number of rotatable bonds is 9. The minimum absolute atomic E-state index is 0.0121. The van der Waals surface area contributed by atoms with E-state index in [0.717, 1.165) is 53.9 Å². The molecular formula is C43H58N2O6.